The molecule has 7 heteroatoms. The van der Waals surface area contributed by atoms with Crippen molar-refractivity contribution in [1.82, 2.24) is 15.6 Å². The summed E-state index contributed by atoms with van der Waals surface area (Å²) in [5, 5.41) is 8.39. The van der Waals surface area contributed by atoms with E-state index < -0.39 is 0 Å². The average Bonchev–Trinajstić information content (AvgIpc) is 2.90. The second-order valence-electron chi connectivity index (χ2n) is 4.87. The summed E-state index contributed by atoms with van der Waals surface area (Å²) in [5.74, 6) is 0.817. The van der Waals surface area contributed by atoms with E-state index >= 15 is 0 Å². The van der Waals surface area contributed by atoms with E-state index in [2.05, 4.69) is 40.5 Å². The molecular formula is C16H22ClIN4S. The van der Waals surface area contributed by atoms with Gasteiger partial charge in [-0.2, -0.15) is 0 Å². The first-order valence-electron chi connectivity index (χ1n) is 7.35. The van der Waals surface area contributed by atoms with Crippen LogP contribution >= 0.6 is 46.9 Å². The molecule has 126 valence electrons. The normalized spacial score (nSPS) is 11.0. The number of halogens is 2. The lowest BCUT2D eigenvalue weighted by atomic mass is 10.1. The summed E-state index contributed by atoms with van der Waals surface area (Å²) < 4.78 is 0. The lowest BCUT2D eigenvalue weighted by Gasteiger charge is -2.11. The predicted octanol–water partition coefficient (Wildman–Crippen LogP) is 4.02. The maximum absolute atomic E-state index is 5.99. The zero-order valence-corrected chi connectivity index (χ0v) is 17.2. The highest BCUT2D eigenvalue weighted by atomic mass is 127. The molecule has 23 heavy (non-hydrogen) atoms. The SMILES string of the molecule is CCNC(=NCc1ncc(C)s1)NCCc1cccc(Cl)c1.I. The fraction of sp³-hybridized carbons (Fsp3) is 0.375. The molecule has 0 aliphatic carbocycles. The summed E-state index contributed by atoms with van der Waals surface area (Å²) in [6.45, 7) is 6.36. The predicted molar refractivity (Wildman–Crippen MR) is 110 cm³/mol. The fourth-order valence-corrected chi connectivity index (χ4v) is 2.91. The molecule has 0 bridgehead atoms. The minimum atomic E-state index is 0. The summed E-state index contributed by atoms with van der Waals surface area (Å²) in [6, 6.07) is 7.93. The molecule has 1 aromatic heterocycles. The zero-order valence-electron chi connectivity index (χ0n) is 13.3. The molecule has 2 aromatic rings. The van der Waals surface area contributed by atoms with E-state index in [4.69, 9.17) is 11.6 Å². The molecule has 0 aliphatic heterocycles. The van der Waals surface area contributed by atoms with Gasteiger partial charge in [-0.3, -0.25) is 0 Å². The molecule has 0 saturated heterocycles. The number of benzene rings is 1. The second kappa shape index (κ2) is 10.8. The Morgan fingerprint density at radius 2 is 2.17 bits per heavy atom. The first-order chi connectivity index (χ1) is 10.7. The van der Waals surface area contributed by atoms with Crippen molar-refractivity contribution in [3.63, 3.8) is 0 Å². The van der Waals surface area contributed by atoms with Crippen molar-refractivity contribution < 1.29 is 0 Å². The van der Waals surface area contributed by atoms with Gasteiger partial charge in [0.15, 0.2) is 5.96 Å². The van der Waals surface area contributed by atoms with Crippen LogP contribution in [0.1, 0.15) is 22.4 Å². The van der Waals surface area contributed by atoms with Gasteiger partial charge in [0, 0.05) is 29.2 Å². The van der Waals surface area contributed by atoms with E-state index in [-0.39, 0.29) is 24.0 Å². The van der Waals surface area contributed by atoms with Crippen molar-refractivity contribution in [1.29, 1.82) is 0 Å². The molecule has 0 unspecified atom stereocenters. The quantitative estimate of drug-likeness (QED) is 0.386. The monoisotopic (exact) mass is 464 g/mol. The van der Waals surface area contributed by atoms with E-state index in [1.165, 1.54) is 10.4 Å². The number of aromatic nitrogens is 1. The first kappa shape index (κ1) is 20.2. The van der Waals surface area contributed by atoms with Crippen LogP contribution in [0.2, 0.25) is 5.02 Å². The number of nitrogens with zero attached hydrogens (tertiary/aromatic N) is 2. The maximum Gasteiger partial charge on any atom is 0.191 e. The number of aliphatic imine (C=N–C) groups is 1. The highest BCUT2D eigenvalue weighted by Crippen LogP contribution is 2.12. The Bertz CT molecular complexity index is 630. The van der Waals surface area contributed by atoms with Gasteiger partial charge < -0.3 is 10.6 Å². The second-order valence-corrected chi connectivity index (χ2v) is 6.62. The van der Waals surface area contributed by atoms with Gasteiger partial charge in [-0.05, 0) is 38.0 Å². The molecule has 1 aromatic carbocycles. The number of thiazole rings is 1. The van der Waals surface area contributed by atoms with E-state index in [9.17, 15) is 0 Å². The van der Waals surface area contributed by atoms with Gasteiger partial charge >= 0.3 is 0 Å². The molecule has 0 spiro atoms. The molecule has 0 amide bonds. The first-order valence-corrected chi connectivity index (χ1v) is 8.54. The number of guanidine groups is 1. The van der Waals surface area contributed by atoms with Crippen molar-refractivity contribution in [2.24, 2.45) is 4.99 Å². The smallest absolute Gasteiger partial charge is 0.191 e. The van der Waals surface area contributed by atoms with Crippen LogP contribution in [0.4, 0.5) is 0 Å². The largest absolute Gasteiger partial charge is 0.357 e. The fourth-order valence-electron chi connectivity index (χ4n) is 1.98. The molecule has 1 heterocycles. The van der Waals surface area contributed by atoms with Crippen molar-refractivity contribution in [2.45, 2.75) is 26.8 Å². The van der Waals surface area contributed by atoms with Crippen LogP contribution in [-0.4, -0.2) is 24.0 Å². The Hall–Kier alpha value is -0.860. The third-order valence-corrected chi connectivity index (χ3v) is 4.11. The Morgan fingerprint density at radius 3 is 2.83 bits per heavy atom. The average molecular weight is 465 g/mol. The maximum atomic E-state index is 5.99. The number of rotatable bonds is 6. The summed E-state index contributed by atoms with van der Waals surface area (Å²) >= 11 is 7.68. The molecule has 4 nitrogen and oxygen atoms in total. The van der Waals surface area contributed by atoms with Crippen LogP contribution in [0.5, 0.6) is 0 Å². The lowest BCUT2D eigenvalue weighted by Crippen LogP contribution is -2.38. The summed E-state index contributed by atoms with van der Waals surface area (Å²) in [4.78, 5) is 10.1. The Balaban J connectivity index is 0.00000264. The van der Waals surface area contributed by atoms with Crippen LogP contribution in [0.25, 0.3) is 0 Å². The summed E-state index contributed by atoms with van der Waals surface area (Å²) in [5.41, 5.74) is 1.21. The number of hydrogen-bond acceptors (Lipinski definition) is 3. The minimum Gasteiger partial charge on any atom is -0.357 e. The van der Waals surface area contributed by atoms with Gasteiger partial charge in [0.25, 0.3) is 0 Å². The number of aryl methyl sites for hydroxylation is 1. The topological polar surface area (TPSA) is 49.3 Å². The van der Waals surface area contributed by atoms with Gasteiger partial charge in [0.2, 0.25) is 0 Å². The standard InChI is InChI=1S/C16H21ClN4S.HI/c1-3-18-16(21-11-15-20-10-12(2)22-15)19-8-7-13-5-4-6-14(17)9-13;/h4-6,9-10H,3,7-8,11H2,1-2H3,(H2,18,19,21);1H. The van der Waals surface area contributed by atoms with E-state index in [0.29, 0.717) is 6.54 Å². The zero-order chi connectivity index (χ0) is 15.8. The Labute approximate surface area is 163 Å². The van der Waals surface area contributed by atoms with E-state index in [1.807, 2.05) is 24.4 Å². The van der Waals surface area contributed by atoms with Crippen LogP contribution in [0.3, 0.4) is 0 Å². The molecule has 0 saturated carbocycles. The van der Waals surface area contributed by atoms with Crippen molar-refractivity contribution in [3.05, 3.63) is 50.9 Å². The van der Waals surface area contributed by atoms with Crippen molar-refractivity contribution in [3.8, 4) is 0 Å². The van der Waals surface area contributed by atoms with Crippen LogP contribution in [0.15, 0.2) is 35.5 Å². The number of hydrogen-bond donors (Lipinski definition) is 2. The minimum absolute atomic E-state index is 0. The Morgan fingerprint density at radius 1 is 1.35 bits per heavy atom. The molecule has 0 atom stereocenters. The Kier molecular flexibility index (Phi) is 9.50. The van der Waals surface area contributed by atoms with Crippen LogP contribution in [0, 0.1) is 6.92 Å². The summed E-state index contributed by atoms with van der Waals surface area (Å²) in [6.07, 6.45) is 2.79. The molecule has 0 fully saturated rings. The molecule has 0 radical (unpaired) electrons. The van der Waals surface area contributed by atoms with Gasteiger partial charge in [-0.25, -0.2) is 9.98 Å². The van der Waals surface area contributed by atoms with Gasteiger partial charge in [0.1, 0.15) is 5.01 Å². The van der Waals surface area contributed by atoms with E-state index in [1.54, 1.807) is 11.3 Å². The lowest BCUT2D eigenvalue weighted by molar-refractivity contribution is 0.799. The third kappa shape index (κ3) is 7.50. The highest BCUT2D eigenvalue weighted by molar-refractivity contribution is 14.0. The molecular weight excluding hydrogens is 443 g/mol. The van der Waals surface area contributed by atoms with Gasteiger partial charge in [-0.1, -0.05) is 23.7 Å². The number of nitrogens with one attached hydrogen (secondary N) is 2. The third-order valence-electron chi connectivity index (χ3n) is 2.98. The van der Waals surface area contributed by atoms with Crippen molar-refractivity contribution >= 4 is 52.9 Å². The highest BCUT2D eigenvalue weighted by Gasteiger charge is 2.01. The van der Waals surface area contributed by atoms with Gasteiger partial charge in [-0.15, -0.1) is 35.3 Å². The van der Waals surface area contributed by atoms with Crippen LogP contribution in [-0.2, 0) is 13.0 Å². The van der Waals surface area contributed by atoms with Crippen LogP contribution < -0.4 is 10.6 Å². The van der Waals surface area contributed by atoms with Gasteiger partial charge in [0.05, 0.1) is 6.54 Å². The van der Waals surface area contributed by atoms with Crippen molar-refractivity contribution in [2.75, 3.05) is 13.1 Å². The molecule has 2 N–H and O–H groups in total. The molecule has 0 aliphatic rings. The molecule has 2 rings (SSSR count). The van der Waals surface area contributed by atoms with E-state index in [0.717, 1.165) is 35.5 Å². The summed E-state index contributed by atoms with van der Waals surface area (Å²) in [7, 11) is 0.